The van der Waals surface area contributed by atoms with Crippen LogP contribution in [0, 0.1) is 12.3 Å². The number of carbonyl (C=O) groups excluding carboxylic acids is 2. The van der Waals surface area contributed by atoms with Crippen LogP contribution >= 0.6 is 0 Å². The van der Waals surface area contributed by atoms with Crippen LogP contribution in [0.1, 0.15) is 31.7 Å². The third kappa shape index (κ3) is 4.38. The summed E-state index contributed by atoms with van der Waals surface area (Å²) in [6.07, 6.45) is 4.54. The third-order valence-corrected chi connectivity index (χ3v) is 7.55. The largest absolute Gasteiger partial charge is 0.368 e. The van der Waals surface area contributed by atoms with Crippen LogP contribution in [0.5, 0.6) is 0 Å². The Morgan fingerprint density at radius 3 is 2.32 bits per heavy atom. The van der Waals surface area contributed by atoms with Crippen molar-refractivity contribution in [2.24, 2.45) is 5.41 Å². The van der Waals surface area contributed by atoms with Gasteiger partial charge in [-0.1, -0.05) is 0 Å². The quantitative estimate of drug-likeness (QED) is 0.719. The molecule has 2 amide bonds. The molecular weight excluding hydrogens is 430 g/mol. The highest BCUT2D eigenvalue weighted by molar-refractivity contribution is 5.85. The van der Waals surface area contributed by atoms with Crippen molar-refractivity contribution in [1.82, 2.24) is 20.2 Å². The van der Waals surface area contributed by atoms with Gasteiger partial charge in [0.25, 0.3) is 0 Å². The number of nitrogens with zero attached hydrogens (tertiary/aromatic N) is 5. The molecule has 9 nitrogen and oxygen atoms in total. The molecule has 3 aliphatic rings. The van der Waals surface area contributed by atoms with E-state index in [2.05, 4.69) is 37.6 Å². The topological polar surface area (TPSA) is 93.7 Å². The molecule has 1 aromatic carbocycles. The molecule has 1 spiro atoms. The molecule has 0 saturated carbocycles. The average molecular weight is 464 g/mol. The van der Waals surface area contributed by atoms with Gasteiger partial charge in [-0.15, -0.1) is 0 Å². The second-order valence-corrected chi connectivity index (χ2v) is 9.64. The van der Waals surface area contributed by atoms with Crippen molar-refractivity contribution in [3.8, 4) is 0 Å². The maximum atomic E-state index is 12.3. The van der Waals surface area contributed by atoms with E-state index in [0.29, 0.717) is 5.95 Å². The van der Waals surface area contributed by atoms with Crippen LogP contribution < -0.4 is 20.4 Å². The average Bonchev–Trinajstić information content (AvgIpc) is 3.20. The molecule has 0 radical (unpaired) electrons. The number of aromatic nitrogens is 2. The maximum Gasteiger partial charge on any atom is 0.229 e. The molecule has 2 aromatic rings. The van der Waals surface area contributed by atoms with Gasteiger partial charge in [0.15, 0.2) is 0 Å². The van der Waals surface area contributed by atoms with Crippen LogP contribution in [0.3, 0.4) is 0 Å². The van der Waals surface area contributed by atoms with E-state index in [9.17, 15) is 9.59 Å². The Kier molecular flexibility index (Phi) is 6.02. The molecule has 3 saturated heterocycles. The van der Waals surface area contributed by atoms with Crippen molar-refractivity contribution in [3.63, 3.8) is 0 Å². The number of hydrogen-bond acceptors (Lipinski definition) is 7. The van der Waals surface area contributed by atoms with Gasteiger partial charge in [0.2, 0.25) is 17.8 Å². The highest BCUT2D eigenvalue weighted by atomic mass is 16.2. The van der Waals surface area contributed by atoms with E-state index >= 15 is 0 Å². The van der Waals surface area contributed by atoms with Crippen LogP contribution in [-0.4, -0.2) is 72.5 Å². The Hall–Kier alpha value is -3.36. The summed E-state index contributed by atoms with van der Waals surface area (Å²) >= 11 is 0. The second kappa shape index (κ2) is 9.12. The number of carbonyl (C=O) groups is 2. The van der Waals surface area contributed by atoms with Crippen molar-refractivity contribution in [3.05, 3.63) is 36.0 Å². The van der Waals surface area contributed by atoms with E-state index < -0.39 is 0 Å². The Morgan fingerprint density at radius 2 is 1.71 bits per heavy atom. The summed E-state index contributed by atoms with van der Waals surface area (Å²) in [6.45, 7) is 9.33. The number of piperazine rings is 1. The zero-order valence-electron chi connectivity index (χ0n) is 20.0. The minimum atomic E-state index is -0.182. The molecule has 34 heavy (non-hydrogen) atoms. The lowest BCUT2D eigenvalue weighted by Gasteiger charge is -2.38. The molecule has 9 heteroatoms. The first-order valence-electron chi connectivity index (χ1n) is 12.2. The van der Waals surface area contributed by atoms with Crippen molar-refractivity contribution in [2.75, 3.05) is 60.9 Å². The highest BCUT2D eigenvalue weighted by Crippen LogP contribution is 2.39. The van der Waals surface area contributed by atoms with Crippen LogP contribution in [0.25, 0.3) is 0 Å². The highest BCUT2D eigenvalue weighted by Gasteiger charge is 2.44. The zero-order valence-corrected chi connectivity index (χ0v) is 20.0. The SMILES string of the molecule is CC(=O)N1CCN(c2ccc(Nc3ncc(C)c(N4CCC5(CCNC5=O)CC4)n3)cc2)CC1. The Morgan fingerprint density at radius 1 is 1.00 bits per heavy atom. The van der Waals surface area contributed by atoms with Crippen molar-refractivity contribution >= 4 is 35.0 Å². The summed E-state index contributed by atoms with van der Waals surface area (Å²) < 4.78 is 0. The molecule has 3 fully saturated rings. The third-order valence-electron chi connectivity index (χ3n) is 7.55. The van der Waals surface area contributed by atoms with Crippen LogP contribution in [0.15, 0.2) is 30.5 Å². The number of rotatable bonds is 4. The molecule has 0 atom stereocenters. The van der Waals surface area contributed by atoms with E-state index in [1.165, 1.54) is 0 Å². The van der Waals surface area contributed by atoms with E-state index in [1.54, 1.807) is 6.92 Å². The molecule has 5 rings (SSSR count). The molecule has 180 valence electrons. The summed E-state index contributed by atoms with van der Waals surface area (Å²) in [5, 5.41) is 6.34. The van der Waals surface area contributed by atoms with Gasteiger partial charge in [-0.25, -0.2) is 4.98 Å². The van der Waals surface area contributed by atoms with Gasteiger partial charge in [0, 0.05) is 75.9 Å². The number of piperidine rings is 1. The van der Waals surface area contributed by atoms with Crippen molar-refractivity contribution < 1.29 is 9.59 Å². The first-order chi connectivity index (χ1) is 16.4. The smallest absolute Gasteiger partial charge is 0.229 e. The Labute approximate surface area is 200 Å². The Bertz CT molecular complexity index is 1060. The van der Waals surface area contributed by atoms with Crippen LogP contribution in [0.4, 0.5) is 23.1 Å². The molecule has 0 unspecified atom stereocenters. The van der Waals surface area contributed by atoms with E-state index in [0.717, 1.165) is 87.8 Å². The summed E-state index contributed by atoms with van der Waals surface area (Å²) in [7, 11) is 0. The minimum absolute atomic E-state index is 0.143. The number of anilines is 4. The number of aryl methyl sites for hydroxylation is 1. The fraction of sp³-hybridized carbons (Fsp3) is 0.520. The van der Waals surface area contributed by atoms with Gasteiger partial charge in [-0.3, -0.25) is 9.59 Å². The zero-order chi connectivity index (χ0) is 23.7. The number of hydrogen-bond donors (Lipinski definition) is 2. The van der Waals surface area contributed by atoms with E-state index in [1.807, 2.05) is 30.2 Å². The van der Waals surface area contributed by atoms with E-state index in [-0.39, 0.29) is 17.2 Å². The summed E-state index contributed by atoms with van der Waals surface area (Å²) in [6, 6.07) is 8.27. The lowest BCUT2D eigenvalue weighted by molar-refractivity contribution is -0.129. The van der Waals surface area contributed by atoms with Crippen LogP contribution in [0.2, 0.25) is 0 Å². The molecule has 1 aromatic heterocycles. The lowest BCUT2D eigenvalue weighted by Crippen LogP contribution is -2.48. The number of amides is 2. The predicted molar refractivity (Wildman–Crippen MR) is 132 cm³/mol. The summed E-state index contributed by atoms with van der Waals surface area (Å²) in [5.41, 5.74) is 2.94. The standard InChI is InChI=1S/C25H33N7O2/c1-18-17-27-24(29-22(18)32-11-8-25(9-12-32)7-10-26-23(25)34)28-20-3-5-21(6-4-20)31-15-13-30(14-16-31)19(2)33/h3-6,17H,7-16H2,1-2H3,(H,26,34)(H,27,28,29). The molecule has 2 N–H and O–H groups in total. The number of benzene rings is 1. The fourth-order valence-corrected chi connectivity index (χ4v) is 5.32. The molecular formula is C25H33N7O2. The monoisotopic (exact) mass is 463 g/mol. The van der Waals surface area contributed by atoms with Crippen molar-refractivity contribution in [1.29, 1.82) is 0 Å². The van der Waals surface area contributed by atoms with Gasteiger partial charge in [0.1, 0.15) is 5.82 Å². The van der Waals surface area contributed by atoms with Gasteiger partial charge < -0.3 is 25.3 Å². The molecule has 3 aliphatic heterocycles. The predicted octanol–water partition coefficient (Wildman–Crippen LogP) is 2.30. The first kappa shape index (κ1) is 22.4. The summed E-state index contributed by atoms with van der Waals surface area (Å²) in [4.78, 5) is 39.6. The van der Waals surface area contributed by atoms with Gasteiger partial charge in [0.05, 0.1) is 5.41 Å². The van der Waals surface area contributed by atoms with Crippen molar-refractivity contribution in [2.45, 2.75) is 33.1 Å². The molecule has 4 heterocycles. The Balaban J connectivity index is 1.22. The lowest BCUT2D eigenvalue weighted by atomic mass is 9.77. The maximum absolute atomic E-state index is 12.3. The summed E-state index contributed by atoms with van der Waals surface area (Å²) in [5.74, 6) is 1.87. The first-order valence-corrected chi connectivity index (χ1v) is 12.2. The van der Waals surface area contributed by atoms with E-state index in [4.69, 9.17) is 4.98 Å². The van der Waals surface area contributed by atoms with Crippen LogP contribution in [-0.2, 0) is 9.59 Å². The second-order valence-electron chi connectivity index (χ2n) is 9.64. The number of nitrogens with one attached hydrogen (secondary N) is 2. The normalized spacial score (nSPS) is 19.9. The minimum Gasteiger partial charge on any atom is -0.368 e. The fourth-order valence-electron chi connectivity index (χ4n) is 5.32. The van der Waals surface area contributed by atoms with Gasteiger partial charge in [-0.05, 0) is 50.5 Å². The van der Waals surface area contributed by atoms with Gasteiger partial charge >= 0.3 is 0 Å². The molecule has 0 bridgehead atoms. The van der Waals surface area contributed by atoms with Gasteiger partial charge in [-0.2, -0.15) is 4.98 Å². The molecule has 0 aliphatic carbocycles.